The van der Waals surface area contributed by atoms with Gasteiger partial charge in [-0.1, -0.05) is 25.5 Å². The van der Waals surface area contributed by atoms with E-state index in [1.807, 2.05) is 0 Å². The Balaban J connectivity index is 1.55. The van der Waals surface area contributed by atoms with Crippen LogP contribution in [0.3, 0.4) is 0 Å². The largest absolute Gasteiger partial charge is 0.315 e. The molecule has 3 nitrogen and oxygen atoms in total. The van der Waals surface area contributed by atoms with E-state index in [0.29, 0.717) is 17.0 Å². The highest BCUT2D eigenvalue weighted by Gasteiger charge is 2.57. The second kappa shape index (κ2) is 6.10. The van der Waals surface area contributed by atoms with E-state index in [-0.39, 0.29) is 0 Å². The van der Waals surface area contributed by atoms with E-state index in [1.54, 1.807) is 5.57 Å². The first kappa shape index (κ1) is 17.1. The van der Waals surface area contributed by atoms with Gasteiger partial charge >= 0.3 is 0 Å². The van der Waals surface area contributed by atoms with Crippen LogP contribution >= 0.6 is 0 Å². The Morgan fingerprint density at radius 1 is 1.08 bits per heavy atom. The number of hydrogen-bond donors (Lipinski definition) is 1. The minimum absolute atomic E-state index is 0.508. The Hall–Kier alpha value is -0.380. The molecule has 0 amide bonds. The summed E-state index contributed by atoms with van der Waals surface area (Å²) < 4.78 is 0. The van der Waals surface area contributed by atoms with Crippen LogP contribution in [0.1, 0.15) is 59.8 Å². The lowest BCUT2D eigenvalue weighted by molar-refractivity contribution is -0.103. The Morgan fingerprint density at radius 3 is 2.33 bits per heavy atom. The first-order valence-corrected chi connectivity index (χ1v) is 10.4. The number of rotatable bonds is 3. The highest BCUT2D eigenvalue weighted by Crippen LogP contribution is 2.49. The van der Waals surface area contributed by atoms with Crippen molar-refractivity contribution in [3.05, 3.63) is 11.6 Å². The number of hydrogen-bond acceptors (Lipinski definition) is 3. The molecule has 2 atom stereocenters. The molecule has 1 aliphatic carbocycles. The molecule has 136 valence electrons. The predicted molar refractivity (Wildman–Crippen MR) is 101 cm³/mol. The Morgan fingerprint density at radius 2 is 1.83 bits per heavy atom. The lowest BCUT2D eigenvalue weighted by atomic mass is 9.67. The fourth-order valence-corrected chi connectivity index (χ4v) is 5.83. The van der Waals surface area contributed by atoms with Crippen molar-refractivity contribution in [2.45, 2.75) is 77.4 Å². The van der Waals surface area contributed by atoms with Gasteiger partial charge in [0, 0.05) is 55.8 Å². The smallest absolute Gasteiger partial charge is 0.0364 e. The molecule has 4 rings (SSSR count). The number of nitrogens with zero attached hydrogens (tertiary/aromatic N) is 2. The van der Waals surface area contributed by atoms with Crippen molar-refractivity contribution in [1.82, 2.24) is 15.1 Å². The molecular formula is C21H37N3. The zero-order chi connectivity index (χ0) is 16.9. The molecule has 3 fully saturated rings. The number of allylic oxidation sites excluding steroid dienone is 1. The van der Waals surface area contributed by atoms with E-state index in [2.05, 4.69) is 48.9 Å². The standard InChI is InChI=1S/C21H37N3/c1-16(2)18-5-6-19(20(8-7-18)13-22-14-20)24-12-10-21(24)9-11-23(15-21)17(3)4/h5,16-17,19,22H,6-15H2,1-4H3. The van der Waals surface area contributed by atoms with Gasteiger partial charge in [-0.25, -0.2) is 0 Å². The van der Waals surface area contributed by atoms with Gasteiger partial charge in [0.1, 0.15) is 0 Å². The molecule has 1 N–H and O–H groups in total. The fraction of sp³-hybridized carbons (Fsp3) is 0.905. The summed E-state index contributed by atoms with van der Waals surface area (Å²) in [6.07, 6.45) is 9.47. The molecule has 4 aliphatic rings. The van der Waals surface area contributed by atoms with Crippen LogP contribution in [-0.4, -0.2) is 60.1 Å². The summed E-state index contributed by atoms with van der Waals surface area (Å²) in [7, 11) is 0. The van der Waals surface area contributed by atoms with Gasteiger partial charge in [0.05, 0.1) is 0 Å². The maximum absolute atomic E-state index is 3.62. The monoisotopic (exact) mass is 331 g/mol. The molecule has 0 saturated carbocycles. The van der Waals surface area contributed by atoms with Gasteiger partial charge in [-0.15, -0.1) is 0 Å². The summed E-state index contributed by atoms with van der Waals surface area (Å²) in [6, 6.07) is 1.48. The summed E-state index contributed by atoms with van der Waals surface area (Å²) in [4.78, 5) is 5.68. The van der Waals surface area contributed by atoms with Gasteiger partial charge < -0.3 is 5.32 Å². The average Bonchev–Trinajstić information content (AvgIpc) is 2.85. The zero-order valence-electron chi connectivity index (χ0n) is 16.3. The van der Waals surface area contributed by atoms with E-state index < -0.39 is 0 Å². The fourth-order valence-electron chi connectivity index (χ4n) is 5.83. The third-order valence-electron chi connectivity index (χ3n) is 7.81. The molecule has 0 bridgehead atoms. The van der Waals surface area contributed by atoms with Crippen molar-refractivity contribution in [3.8, 4) is 0 Å². The van der Waals surface area contributed by atoms with Crippen LogP contribution < -0.4 is 5.32 Å². The molecule has 3 aliphatic heterocycles. The lowest BCUT2D eigenvalue weighted by Crippen LogP contribution is -2.72. The van der Waals surface area contributed by atoms with Gasteiger partial charge in [-0.3, -0.25) is 9.80 Å². The topological polar surface area (TPSA) is 18.5 Å². The molecular weight excluding hydrogens is 294 g/mol. The molecule has 3 heterocycles. The van der Waals surface area contributed by atoms with Crippen molar-refractivity contribution in [2.75, 3.05) is 32.7 Å². The molecule has 0 aromatic carbocycles. The molecule has 0 radical (unpaired) electrons. The minimum Gasteiger partial charge on any atom is -0.315 e. The summed E-state index contributed by atoms with van der Waals surface area (Å²) in [5, 5.41) is 3.62. The summed E-state index contributed by atoms with van der Waals surface area (Å²) >= 11 is 0. The molecule has 0 aromatic rings. The Kier molecular flexibility index (Phi) is 4.34. The van der Waals surface area contributed by atoms with Crippen molar-refractivity contribution in [1.29, 1.82) is 0 Å². The van der Waals surface area contributed by atoms with Crippen LogP contribution in [-0.2, 0) is 0 Å². The van der Waals surface area contributed by atoms with Gasteiger partial charge in [0.2, 0.25) is 0 Å². The van der Waals surface area contributed by atoms with E-state index in [1.165, 1.54) is 64.8 Å². The van der Waals surface area contributed by atoms with Crippen molar-refractivity contribution >= 4 is 0 Å². The summed E-state index contributed by atoms with van der Waals surface area (Å²) in [6.45, 7) is 15.9. The molecule has 2 spiro atoms. The van der Waals surface area contributed by atoms with Crippen LogP contribution in [0.15, 0.2) is 11.6 Å². The SMILES string of the molecule is CC(C)C1=CCC(N2CCC23CCN(C(C)C)C3)C2(CC1)CNC2. The first-order chi connectivity index (χ1) is 11.5. The molecule has 3 saturated heterocycles. The quantitative estimate of drug-likeness (QED) is 0.801. The summed E-state index contributed by atoms with van der Waals surface area (Å²) in [5.41, 5.74) is 2.77. The molecule has 0 aromatic heterocycles. The van der Waals surface area contributed by atoms with E-state index in [9.17, 15) is 0 Å². The lowest BCUT2D eigenvalue weighted by Gasteiger charge is -2.61. The van der Waals surface area contributed by atoms with Gasteiger partial charge in [0.25, 0.3) is 0 Å². The second-order valence-electron chi connectivity index (χ2n) is 9.63. The Labute approximate surface area is 148 Å². The Bertz CT molecular complexity index is 505. The minimum atomic E-state index is 0.508. The zero-order valence-corrected chi connectivity index (χ0v) is 16.3. The predicted octanol–water partition coefficient (Wildman–Crippen LogP) is 3.27. The number of likely N-dealkylation sites (tertiary alicyclic amines) is 2. The van der Waals surface area contributed by atoms with Crippen LogP contribution in [0, 0.1) is 11.3 Å². The highest BCUT2D eigenvalue weighted by atomic mass is 15.4. The van der Waals surface area contributed by atoms with Crippen molar-refractivity contribution in [2.24, 2.45) is 11.3 Å². The van der Waals surface area contributed by atoms with Gasteiger partial charge in [-0.2, -0.15) is 0 Å². The third kappa shape index (κ3) is 2.59. The second-order valence-corrected chi connectivity index (χ2v) is 9.63. The maximum Gasteiger partial charge on any atom is 0.0364 e. The molecule has 24 heavy (non-hydrogen) atoms. The average molecular weight is 332 g/mol. The van der Waals surface area contributed by atoms with Crippen LogP contribution in [0.25, 0.3) is 0 Å². The van der Waals surface area contributed by atoms with E-state index >= 15 is 0 Å². The van der Waals surface area contributed by atoms with Crippen molar-refractivity contribution in [3.63, 3.8) is 0 Å². The van der Waals surface area contributed by atoms with Crippen LogP contribution in [0.4, 0.5) is 0 Å². The van der Waals surface area contributed by atoms with Crippen LogP contribution in [0.5, 0.6) is 0 Å². The normalized spacial score (nSPS) is 36.9. The van der Waals surface area contributed by atoms with Crippen molar-refractivity contribution < 1.29 is 0 Å². The number of nitrogens with one attached hydrogen (secondary N) is 1. The molecule has 2 unspecified atom stereocenters. The maximum atomic E-state index is 3.62. The van der Waals surface area contributed by atoms with Gasteiger partial charge in [-0.05, 0) is 51.9 Å². The van der Waals surface area contributed by atoms with E-state index in [4.69, 9.17) is 0 Å². The van der Waals surface area contributed by atoms with Crippen LogP contribution in [0.2, 0.25) is 0 Å². The first-order valence-electron chi connectivity index (χ1n) is 10.4. The molecule has 3 heteroatoms. The van der Waals surface area contributed by atoms with E-state index in [0.717, 1.165) is 12.0 Å². The summed E-state index contributed by atoms with van der Waals surface area (Å²) in [5.74, 6) is 0.724. The van der Waals surface area contributed by atoms with Gasteiger partial charge in [0.15, 0.2) is 0 Å². The third-order valence-corrected chi connectivity index (χ3v) is 7.81. The highest BCUT2D eigenvalue weighted by molar-refractivity contribution is 5.19.